The highest BCUT2D eigenvalue weighted by Gasteiger charge is 2.45. The van der Waals surface area contributed by atoms with Crippen LogP contribution >= 0.6 is 0 Å². The number of ether oxygens (including phenoxy) is 1. The topological polar surface area (TPSA) is 54.0 Å². The fourth-order valence-corrected chi connectivity index (χ4v) is 2.84. The molecule has 0 unspecified atom stereocenters. The lowest BCUT2D eigenvalue weighted by Gasteiger charge is -2.40. The lowest BCUT2D eigenvalue weighted by atomic mass is 10.1. The molecule has 0 atom stereocenters. The van der Waals surface area contributed by atoms with Gasteiger partial charge in [-0.3, -0.25) is 10.1 Å². The normalized spacial score (nSPS) is 19.3. The van der Waals surface area contributed by atoms with E-state index in [1.54, 1.807) is 6.07 Å². The highest BCUT2D eigenvalue weighted by Crippen LogP contribution is 2.41. The second-order valence-corrected chi connectivity index (χ2v) is 6.64. The average Bonchev–Trinajstić information content (AvgIpc) is 3.27. The van der Waals surface area contributed by atoms with Crippen molar-refractivity contribution in [1.82, 2.24) is 15.2 Å². The maximum absolute atomic E-state index is 13.1. The molecule has 2 fully saturated rings. The highest BCUT2D eigenvalue weighted by molar-refractivity contribution is 5.66. The summed E-state index contributed by atoms with van der Waals surface area (Å²) in [7, 11) is 0. The van der Waals surface area contributed by atoms with E-state index in [2.05, 4.69) is 15.2 Å². The van der Waals surface area contributed by atoms with Crippen molar-refractivity contribution < 1.29 is 26.7 Å². The molecule has 26 heavy (non-hydrogen) atoms. The quantitative estimate of drug-likeness (QED) is 0.810. The third-order valence-electron chi connectivity index (χ3n) is 4.30. The van der Waals surface area contributed by atoms with Gasteiger partial charge in [-0.2, -0.15) is 18.3 Å². The molecule has 1 aliphatic heterocycles. The van der Waals surface area contributed by atoms with Crippen molar-refractivity contribution in [2.75, 3.05) is 24.6 Å². The standard InChI is InChI=1S/C16H15F5N4O/c17-15(18)6-25(7-15)13-5-22-11(4-14(13)26-8-16(19,20)21)12-3-10(23-24-12)9-1-2-9/h3-5,9H,1-2,6-8H2,(H,23,24). The van der Waals surface area contributed by atoms with Gasteiger partial charge in [0.25, 0.3) is 5.92 Å². The summed E-state index contributed by atoms with van der Waals surface area (Å²) in [6.07, 6.45) is -1.15. The Hall–Kier alpha value is -2.39. The number of H-pyrrole nitrogens is 1. The van der Waals surface area contributed by atoms with Crippen LogP contribution < -0.4 is 9.64 Å². The lowest BCUT2D eigenvalue weighted by Crippen LogP contribution is -2.56. The van der Waals surface area contributed by atoms with E-state index in [4.69, 9.17) is 4.74 Å². The van der Waals surface area contributed by atoms with Crippen LogP contribution in [0.25, 0.3) is 11.4 Å². The van der Waals surface area contributed by atoms with Gasteiger partial charge in [-0.1, -0.05) is 0 Å². The molecule has 0 amide bonds. The number of hydrogen-bond acceptors (Lipinski definition) is 4. The Balaban J connectivity index is 1.61. The number of aromatic amines is 1. The van der Waals surface area contributed by atoms with Gasteiger partial charge in [-0.05, 0) is 18.9 Å². The van der Waals surface area contributed by atoms with Crippen molar-refractivity contribution in [1.29, 1.82) is 0 Å². The molecule has 0 bridgehead atoms. The number of alkyl halides is 5. The minimum absolute atomic E-state index is 0.113. The smallest absolute Gasteiger partial charge is 0.422 e. The van der Waals surface area contributed by atoms with Crippen LogP contribution in [0.4, 0.5) is 27.6 Å². The predicted octanol–water partition coefficient (Wildman–Crippen LogP) is 3.75. The largest absolute Gasteiger partial charge is 0.482 e. The van der Waals surface area contributed by atoms with Crippen molar-refractivity contribution in [2.24, 2.45) is 0 Å². The van der Waals surface area contributed by atoms with Gasteiger partial charge in [0.05, 0.1) is 30.7 Å². The summed E-state index contributed by atoms with van der Waals surface area (Å²) >= 11 is 0. The van der Waals surface area contributed by atoms with Crippen LogP contribution in [0, 0.1) is 0 Å². The Labute approximate surface area is 145 Å². The van der Waals surface area contributed by atoms with Gasteiger partial charge in [-0.25, -0.2) is 8.78 Å². The van der Waals surface area contributed by atoms with Crippen LogP contribution in [0.5, 0.6) is 5.75 Å². The fourth-order valence-electron chi connectivity index (χ4n) is 2.84. The molecule has 0 aromatic carbocycles. The van der Waals surface area contributed by atoms with Crippen molar-refractivity contribution >= 4 is 5.69 Å². The molecule has 0 spiro atoms. The molecule has 1 saturated heterocycles. The third-order valence-corrected chi connectivity index (χ3v) is 4.30. The Morgan fingerprint density at radius 1 is 1.19 bits per heavy atom. The number of rotatable bonds is 5. The maximum atomic E-state index is 13.1. The summed E-state index contributed by atoms with van der Waals surface area (Å²) in [5.74, 6) is -2.57. The molecule has 4 rings (SSSR count). The van der Waals surface area contributed by atoms with E-state index in [9.17, 15) is 22.0 Å². The zero-order valence-corrected chi connectivity index (χ0v) is 13.5. The van der Waals surface area contributed by atoms with Crippen molar-refractivity contribution in [3.63, 3.8) is 0 Å². The molecular formula is C16H15F5N4O. The first kappa shape index (κ1) is 17.0. The van der Waals surface area contributed by atoms with Crippen LogP contribution in [0.1, 0.15) is 24.5 Å². The Morgan fingerprint density at radius 3 is 2.54 bits per heavy atom. The molecule has 0 radical (unpaired) electrons. The number of nitrogens with zero attached hydrogens (tertiary/aromatic N) is 3. The molecule has 5 nitrogen and oxygen atoms in total. The summed E-state index contributed by atoms with van der Waals surface area (Å²) in [6, 6.07) is 3.11. The zero-order chi connectivity index (χ0) is 18.5. The molecule has 2 aromatic heterocycles. The maximum Gasteiger partial charge on any atom is 0.422 e. The van der Waals surface area contributed by atoms with Crippen molar-refractivity contribution in [3.05, 3.63) is 24.0 Å². The third kappa shape index (κ3) is 3.58. The summed E-state index contributed by atoms with van der Waals surface area (Å²) in [4.78, 5) is 5.41. The van der Waals surface area contributed by atoms with Crippen molar-refractivity contribution in [3.8, 4) is 17.1 Å². The van der Waals surface area contributed by atoms with Crippen LogP contribution in [-0.4, -0.2) is 47.0 Å². The minimum Gasteiger partial charge on any atom is -0.482 e. The monoisotopic (exact) mass is 374 g/mol. The molecule has 1 N–H and O–H groups in total. The van der Waals surface area contributed by atoms with Crippen molar-refractivity contribution in [2.45, 2.75) is 30.9 Å². The van der Waals surface area contributed by atoms with Gasteiger partial charge in [0, 0.05) is 17.7 Å². The van der Waals surface area contributed by atoms with Crippen LogP contribution in [0.3, 0.4) is 0 Å². The van der Waals surface area contributed by atoms with Gasteiger partial charge >= 0.3 is 6.18 Å². The Bertz CT molecular complexity index is 807. The lowest BCUT2D eigenvalue weighted by molar-refractivity contribution is -0.153. The molecule has 2 aromatic rings. The van der Waals surface area contributed by atoms with E-state index in [1.807, 2.05) is 0 Å². The first-order chi connectivity index (χ1) is 12.2. The predicted molar refractivity (Wildman–Crippen MR) is 82.5 cm³/mol. The SMILES string of the molecule is FC(F)(F)COc1cc(-c2cc(C3CC3)[nH]n2)ncc1N1CC(F)(F)C1. The molecular weight excluding hydrogens is 359 g/mol. The number of pyridine rings is 1. The average molecular weight is 374 g/mol. The minimum atomic E-state index is -4.54. The van der Waals surface area contributed by atoms with E-state index in [0.29, 0.717) is 17.3 Å². The van der Waals surface area contributed by atoms with Crippen LogP contribution in [0.2, 0.25) is 0 Å². The number of nitrogens with one attached hydrogen (secondary N) is 1. The van der Waals surface area contributed by atoms with Crippen LogP contribution in [0.15, 0.2) is 18.3 Å². The van der Waals surface area contributed by atoms with Gasteiger partial charge in [0.2, 0.25) is 0 Å². The molecule has 1 saturated carbocycles. The highest BCUT2D eigenvalue weighted by atomic mass is 19.4. The van der Waals surface area contributed by atoms with E-state index < -0.39 is 31.8 Å². The molecule has 3 heterocycles. The molecule has 1 aliphatic carbocycles. The Morgan fingerprint density at radius 2 is 1.92 bits per heavy atom. The van der Waals surface area contributed by atoms with Gasteiger partial charge < -0.3 is 9.64 Å². The molecule has 140 valence electrons. The van der Waals surface area contributed by atoms with E-state index in [-0.39, 0.29) is 11.4 Å². The molecule has 10 heteroatoms. The second kappa shape index (κ2) is 5.82. The summed E-state index contributed by atoms with van der Waals surface area (Å²) in [5.41, 5.74) is 1.86. The summed E-state index contributed by atoms with van der Waals surface area (Å²) in [5, 5.41) is 7.02. The summed E-state index contributed by atoms with van der Waals surface area (Å²) < 4.78 is 68.7. The number of hydrogen-bond donors (Lipinski definition) is 1. The zero-order valence-electron chi connectivity index (χ0n) is 13.5. The van der Waals surface area contributed by atoms with Gasteiger partial charge in [-0.15, -0.1) is 0 Å². The van der Waals surface area contributed by atoms with Crippen LogP contribution in [-0.2, 0) is 0 Å². The van der Waals surface area contributed by atoms with E-state index >= 15 is 0 Å². The fraction of sp³-hybridized carbons (Fsp3) is 0.500. The first-order valence-corrected chi connectivity index (χ1v) is 8.08. The molecule has 2 aliphatic rings. The first-order valence-electron chi connectivity index (χ1n) is 8.08. The van der Waals surface area contributed by atoms with E-state index in [1.165, 1.54) is 17.2 Å². The Kier molecular flexibility index (Phi) is 3.81. The van der Waals surface area contributed by atoms with E-state index in [0.717, 1.165) is 18.5 Å². The number of aromatic nitrogens is 3. The number of halogens is 5. The van der Waals surface area contributed by atoms with Gasteiger partial charge in [0.15, 0.2) is 6.61 Å². The summed E-state index contributed by atoms with van der Waals surface area (Å²) in [6.45, 7) is -2.67. The number of anilines is 1. The second-order valence-electron chi connectivity index (χ2n) is 6.64. The van der Waals surface area contributed by atoms with Gasteiger partial charge in [0.1, 0.15) is 11.4 Å².